The third-order valence-corrected chi connectivity index (χ3v) is 3.91. The topological polar surface area (TPSA) is 29.9 Å². The lowest BCUT2D eigenvalue weighted by Gasteiger charge is -2.26. The van der Waals surface area contributed by atoms with Crippen LogP contribution in [0.2, 0.25) is 5.02 Å². The lowest BCUT2D eigenvalue weighted by Crippen LogP contribution is -2.29. The average Bonchev–Trinajstić information content (AvgIpc) is 3.03. The van der Waals surface area contributed by atoms with Gasteiger partial charge in [0.2, 0.25) is 0 Å². The van der Waals surface area contributed by atoms with Crippen molar-refractivity contribution in [2.75, 3.05) is 6.54 Å². The molecule has 0 radical (unpaired) electrons. The molecule has 0 bridgehead atoms. The molecule has 3 nitrogen and oxygen atoms in total. The van der Waals surface area contributed by atoms with Crippen LogP contribution < -0.4 is 5.32 Å². The normalized spacial score (nSPS) is 16.2. The molecule has 1 aliphatic carbocycles. The van der Waals surface area contributed by atoms with Gasteiger partial charge in [0.05, 0.1) is 16.9 Å². The summed E-state index contributed by atoms with van der Waals surface area (Å²) in [5.74, 6) is 0. The van der Waals surface area contributed by atoms with E-state index in [0.717, 1.165) is 37.0 Å². The van der Waals surface area contributed by atoms with Gasteiger partial charge in [-0.2, -0.15) is 5.10 Å². The first-order chi connectivity index (χ1) is 8.54. The van der Waals surface area contributed by atoms with Gasteiger partial charge >= 0.3 is 0 Å². The molecule has 1 aromatic rings. The Hall–Kier alpha value is -0.540. The molecule has 1 fully saturated rings. The minimum Gasteiger partial charge on any atom is -0.314 e. The molecule has 2 rings (SSSR count). The highest BCUT2D eigenvalue weighted by Gasteiger charge is 2.28. The number of rotatable bonds is 7. The summed E-state index contributed by atoms with van der Waals surface area (Å²) in [6.07, 6.45) is 6.65. The first kappa shape index (κ1) is 13.9. The molecule has 0 aliphatic heterocycles. The third-order valence-electron chi connectivity index (χ3n) is 3.63. The molecule has 0 amide bonds. The predicted molar refractivity (Wildman–Crippen MR) is 76.2 cm³/mol. The molecule has 4 heteroatoms. The summed E-state index contributed by atoms with van der Waals surface area (Å²) in [5.41, 5.74) is 1.26. The monoisotopic (exact) mass is 269 g/mol. The second-order valence-corrected chi connectivity index (χ2v) is 6.33. The molecular weight excluding hydrogens is 246 g/mol. The summed E-state index contributed by atoms with van der Waals surface area (Å²) < 4.78 is 2.07. The molecule has 1 aliphatic rings. The Balaban J connectivity index is 2.03. The van der Waals surface area contributed by atoms with Crippen LogP contribution in [-0.4, -0.2) is 22.4 Å². The molecule has 0 aromatic carbocycles. The maximum Gasteiger partial charge on any atom is 0.0823 e. The summed E-state index contributed by atoms with van der Waals surface area (Å²) in [6.45, 7) is 8.70. The Morgan fingerprint density at radius 1 is 1.50 bits per heavy atom. The first-order valence-corrected chi connectivity index (χ1v) is 7.37. The van der Waals surface area contributed by atoms with E-state index in [1.165, 1.54) is 18.5 Å². The van der Waals surface area contributed by atoms with Crippen LogP contribution in [0.1, 0.15) is 52.1 Å². The second-order valence-electron chi connectivity index (χ2n) is 5.93. The highest BCUT2D eigenvalue weighted by atomic mass is 35.5. The van der Waals surface area contributed by atoms with Gasteiger partial charge in [-0.3, -0.25) is 4.68 Å². The summed E-state index contributed by atoms with van der Waals surface area (Å²) in [7, 11) is 0. The van der Waals surface area contributed by atoms with Crippen molar-refractivity contribution in [2.24, 2.45) is 0 Å². The van der Waals surface area contributed by atoms with Crippen molar-refractivity contribution in [1.29, 1.82) is 0 Å². The number of nitrogens with one attached hydrogen (secondary N) is 1. The zero-order valence-corrected chi connectivity index (χ0v) is 12.4. The molecule has 0 atom stereocenters. The number of halogens is 1. The standard InChI is InChI=1S/C14H24ClN3/c1-4-9-18-13(12(15)10-17-18)14(2,3)7-8-16-11-5-6-11/h10-11,16H,4-9H2,1-3H3. The van der Waals surface area contributed by atoms with E-state index in [0.29, 0.717) is 0 Å². The molecule has 1 saturated carbocycles. The number of hydrogen-bond acceptors (Lipinski definition) is 2. The Bertz CT molecular complexity index is 394. The molecule has 0 spiro atoms. The quantitative estimate of drug-likeness (QED) is 0.823. The molecule has 0 unspecified atom stereocenters. The first-order valence-electron chi connectivity index (χ1n) is 7.00. The van der Waals surface area contributed by atoms with Crippen LogP contribution in [-0.2, 0) is 12.0 Å². The molecule has 1 aromatic heterocycles. The van der Waals surface area contributed by atoms with Gasteiger partial charge in [-0.1, -0.05) is 32.4 Å². The fourth-order valence-electron chi connectivity index (χ4n) is 2.41. The summed E-state index contributed by atoms with van der Waals surface area (Å²) in [4.78, 5) is 0. The fourth-order valence-corrected chi connectivity index (χ4v) is 2.81. The zero-order chi connectivity index (χ0) is 13.2. The van der Waals surface area contributed by atoms with E-state index in [1.807, 2.05) is 0 Å². The lowest BCUT2D eigenvalue weighted by atomic mass is 9.85. The molecule has 18 heavy (non-hydrogen) atoms. The van der Waals surface area contributed by atoms with E-state index in [1.54, 1.807) is 6.20 Å². The van der Waals surface area contributed by atoms with Gasteiger partial charge in [0.1, 0.15) is 0 Å². The minimum absolute atomic E-state index is 0.0741. The van der Waals surface area contributed by atoms with E-state index in [9.17, 15) is 0 Å². The average molecular weight is 270 g/mol. The van der Waals surface area contributed by atoms with Gasteiger partial charge in [-0.15, -0.1) is 0 Å². The van der Waals surface area contributed by atoms with Gasteiger partial charge in [-0.05, 0) is 32.2 Å². The highest BCUT2D eigenvalue weighted by Crippen LogP contribution is 2.32. The smallest absolute Gasteiger partial charge is 0.0823 e. The fraction of sp³-hybridized carbons (Fsp3) is 0.786. The molecule has 0 saturated heterocycles. The maximum atomic E-state index is 6.32. The van der Waals surface area contributed by atoms with Crippen molar-refractivity contribution >= 4 is 11.6 Å². The zero-order valence-electron chi connectivity index (χ0n) is 11.7. The molecule has 1 N–H and O–H groups in total. The number of aryl methyl sites for hydroxylation is 1. The van der Waals surface area contributed by atoms with E-state index in [4.69, 9.17) is 11.6 Å². The van der Waals surface area contributed by atoms with Crippen LogP contribution in [0.4, 0.5) is 0 Å². The Morgan fingerprint density at radius 3 is 2.83 bits per heavy atom. The maximum absolute atomic E-state index is 6.32. The van der Waals surface area contributed by atoms with Crippen molar-refractivity contribution < 1.29 is 0 Å². The summed E-state index contributed by atoms with van der Waals surface area (Å²) in [5, 5.41) is 8.77. The van der Waals surface area contributed by atoms with Crippen LogP contribution in [0.15, 0.2) is 6.20 Å². The largest absolute Gasteiger partial charge is 0.314 e. The summed E-state index contributed by atoms with van der Waals surface area (Å²) in [6, 6.07) is 0.775. The van der Waals surface area contributed by atoms with Crippen molar-refractivity contribution in [3.63, 3.8) is 0 Å². The number of nitrogens with zero attached hydrogens (tertiary/aromatic N) is 2. The van der Waals surface area contributed by atoms with E-state index in [-0.39, 0.29) is 5.41 Å². The van der Waals surface area contributed by atoms with E-state index >= 15 is 0 Å². The SMILES string of the molecule is CCCn1ncc(Cl)c1C(C)(C)CCNC1CC1. The molecular formula is C14H24ClN3. The Morgan fingerprint density at radius 2 is 2.22 bits per heavy atom. The van der Waals surface area contributed by atoms with Crippen LogP contribution in [0.3, 0.4) is 0 Å². The number of aromatic nitrogens is 2. The van der Waals surface area contributed by atoms with Crippen LogP contribution in [0.5, 0.6) is 0 Å². The van der Waals surface area contributed by atoms with Crippen molar-refractivity contribution in [2.45, 2.75) is 64.5 Å². The predicted octanol–water partition coefficient (Wildman–Crippen LogP) is 3.37. The highest BCUT2D eigenvalue weighted by molar-refractivity contribution is 6.31. The van der Waals surface area contributed by atoms with E-state index < -0.39 is 0 Å². The third kappa shape index (κ3) is 3.27. The molecule has 1 heterocycles. The van der Waals surface area contributed by atoms with Crippen LogP contribution in [0.25, 0.3) is 0 Å². The Labute approximate surface area is 115 Å². The van der Waals surface area contributed by atoms with Crippen molar-refractivity contribution in [1.82, 2.24) is 15.1 Å². The van der Waals surface area contributed by atoms with Gasteiger partial charge in [0.15, 0.2) is 0 Å². The minimum atomic E-state index is 0.0741. The number of hydrogen-bond donors (Lipinski definition) is 1. The van der Waals surface area contributed by atoms with Crippen molar-refractivity contribution in [3.8, 4) is 0 Å². The van der Waals surface area contributed by atoms with Crippen molar-refractivity contribution in [3.05, 3.63) is 16.9 Å². The van der Waals surface area contributed by atoms with Gasteiger partial charge in [-0.25, -0.2) is 0 Å². The lowest BCUT2D eigenvalue weighted by molar-refractivity contribution is 0.409. The van der Waals surface area contributed by atoms with E-state index in [2.05, 4.69) is 35.9 Å². The van der Waals surface area contributed by atoms with Crippen LogP contribution >= 0.6 is 11.6 Å². The van der Waals surface area contributed by atoms with Gasteiger partial charge in [0.25, 0.3) is 0 Å². The summed E-state index contributed by atoms with van der Waals surface area (Å²) >= 11 is 6.32. The van der Waals surface area contributed by atoms with Gasteiger partial charge in [0, 0.05) is 18.0 Å². The Kier molecular flexibility index (Phi) is 4.33. The second kappa shape index (κ2) is 5.62. The van der Waals surface area contributed by atoms with Crippen LogP contribution in [0, 0.1) is 0 Å². The molecule has 102 valence electrons. The van der Waals surface area contributed by atoms with Gasteiger partial charge < -0.3 is 5.32 Å².